The van der Waals surface area contributed by atoms with E-state index in [1.165, 1.54) is 6.07 Å². The molecule has 0 radical (unpaired) electrons. The Morgan fingerprint density at radius 2 is 1.86 bits per heavy atom. The van der Waals surface area contributed by atoms with Crippen LogP contribution in [0.1, 0.15) is 58.1 Å². The molecule has 2 aliphatic heterocycles. The average Bonchev–Trinajstić information content (AvgIpc) is 3.22. The molecule has 0 aliphatic carbocycles. The first-order valence-corrected chi connectivity index (χ1v) is 12.7. The Hall–Kier alpha value is -2.19. The van der Waals surface area contributed by atoms with Crippen molar-refractivity contribution >= 4 is 40.7 Å². The molecule has 4 unspecified atom stereocenters. The molecule has 4 N–H and O–H groups in total. The molecule has 0 aromatic heterocycles. The first-order valence-electron chi connectivity index (χ1n) is 12.0. The van der Waals surface area contributed by atoms with E-state index in [0.29, 0.717) is 22.7 Å². The lowest BCUT2D eigenvalue weighted by Crippen LogP contribution is -2.49. The molecule has 4 atom stereocenters. The van der Waals surface area contributed by atoms with Gasteiger partial charge in [-0.1, -0.05) is 62.2 Å². The Kier molecular flexibility index (Phi) is 6.92. The molecule has 2 amide bonds. The summed E-state index contributed by atoms with van der Waals surface area (Å²) in [5.41, 5.74) is -1.32. The highest BCUT2D eigenvalue weighted by Crippen LogP contribution is 2.57. The van der Waals surface area contributed by atoms with Gasteiger partial charge < -0.3 is 21.1 Å². The van der Waals surface area contributed by atoms with Crippen LogP contribution in [0, 0.1) is 11.2 Å². The van der Waals surface area contributed by atoms with E-state index in [1.54, 1.807) is 44.2 Å². The number of anilines is 1. The van der Waals surface area contributed by atoms with E-state index in [0.717, 1.165) is 0 Å². The van der Waals surface area contributed by atoms with E-state index in [1.807, 2.05) is 0 Å². The summed E-state index contributed by atoms with van der Waals surface area (Å²) < 4.78 is 15.6. The van der Waals surface area contributed by atoms with E-state index in [-0.39, 0.29) is 28.5 Å². The number of halogens is 3. The Bertz CT molecular complexity index is 1210. The monoisotopic (exact) mass is 535 g/mol. The van der Waals surface area contributed by atoms with E-state index in [4.69, 9.17) is 23.2 Å². The molecule has 2 aromatic rings. The van der Waals surface area contributed by atoms with Crippen molar-refractivity contribution in [2.24, 2.45) is 5.41 Å². The molecule has 1 spiro atoms. The number of nitrogens with one attached hydrogen (secondary N) is 3. The van der Waals surface area contributed by atoms with Crippen LogP contribution in [0.25, 0.3) is 0 Å². The third-order valence-electron chi connectivity index (χ3n) is 6.92. The van der Waals surface area contributed by atoms with E-state index >= 15 is 4.39 Å². The van der Waals surface area contributed by atoms with Gasteiger partial charge in [-0.25, -0.2) is 4.39 Å². The van der Waals surface area contributed by atoms with Crippen LogP contribution in [0.3, 0.4) is 0 Å². The quantitative estimate of drug-likeness (QED) is 0.443. The summed E-state index contributed by atoms with van der Waals surface area (Å²) in [5.74, 6) is -2.36. The molecule has 1 saturated heterocycles. The minimum absolute atomic E-state index is 0.00983. The lowest BCUT2D eigenvalue weighted by molar-refractivity contribution is -0.124. The topological polar surface area (TPSA) is 90.5 Å². The summed E-state index contributed by atoms with van der Waals surface area (Å²) in [6, 6.07) is 8.29. The fourth-order valence-corrected chi connectivity index (χ4v) is 5.92. The fraction of sp³-hybridized carbons (Fsp3) is 0.481. The van der Waals surface area contributed by atoms with E-state index < -0.39 is 40.7 Å². The number of aliphatic hydroxyl groups is 1. The number of rotatable bonds is 5. The van der Waals surface area contributed by atoms with Gasteiger partial charge >= 0.3 is 0 Å². The predicted octanol–water partition coefficient (Wildman–Crippen LogP) is 4.77. The third-order valence-corrected chi connectivity index (χ3v) is 7.44. The number of carbonyl (C=O) groups excluding carboxylic acids is 2. The Balaban J connectivity index is 1.96. The van der Waals surface area contributed by atoms with Crippen molar-refractivity contribution in [1.29, 1.82) is 0 Å². The van der Waals surface area contributed by atoms with Gasteiger partial charge in [-0.2, -0.15) is 0 Å². The number of carbonyl (C=O) groups is 2. The molecular formula is C27H32Cl2FN3O3. The Morgan fingerprint density at radius 3 is 2.50 bits per heavy atom. The molecule has 9 heteroatoms. The largest absolute Gasteiger partial charge is 0.389 e. The summed E-state index contributed by atoms with van der Waals surface area (Å²) in [4.78, 5) is 27.6. The number of hydrogen-bond acceptors (Lipinski definition) is 4. The second-order valence-corrected chi connectivity index (χ2v) is 12.5. The maximum atomic E-state index is 15.6. The normalized spacial score (nSPS) is 25.7. The summed E-state index contributed by atoms with van der Waals surface area (Å²) >= 11 is 12.4. The molecule has 0 saturated carbocycles. The molecular weight excluding hydrogens is 504 g/mol. The number of benzene rings is 2. The smallest absolute Gasteiger partial charge is 0.237 e. The Labute approximate surface area is 220 Å². The van der Waals surface area contributed by atoms with Gasteiger partial charge in [0.05, 0.1) is 16.7 Å². The van der Waals surface area contributed by atoms with Crippen LogP contribution in [0.2, 0.25) is 10.0 Å². The van der Waals surface area contributed by atoms with Gasteiger partial charge in [0.2, 0.25) is 11.8 Å². The minimum atomic E-state index is -1.31. The highest BCUT2D eigenvalue weighted by atomic mass is 35.5. The number of hydrogen-bond donors (Lipinski definition) is 4. The van der Waals surface area contributed by atoms with Crippen molar-refractivity contribution in [2.45, 2.75) is 70.1 Å². The van der Waals surface area contributed by atoms with Crippen molar-refractivity contribution < 1.29 is 19.1 Å². The van der Waals surface area contributed by atoms with Crippen LogP contribution >= 0.6 is 23.2 Å². The zero-order chi connectivity index (χ0) is 26.6. The Morgan fingerprint density at radius 1 is 1.17 bits per heavy atom. The molecule has 194 valence electrons. The SMILES string of the molecule is CC(C)(C)CC1NC(C(=O)NCC(C)(C)O)C(c2cccc(Cl)c2F)C12C(=O)Nc1cc(Cl)ccc12. The van der Waals surface area contributed by atoms with Crippen molar-refractivity contribution in [2.75, 3.05) is 11.9 Å². The van der Waals surface area contributed by atoms with Crippen molar-refractivity contribution in [1.82, 2.24) is 10.6 Å². The van der Waals surface area contributed by atoms with Crippen LogP contribution in [-0.4, -0.2) is 41.2 Å². The predicted molar refractivity (Wildman–Crippen MR) is 140 cm³/mol. The summed E-state index contributed by atoms with van der Waals surface area (Å²) in [6.45, 7) is 9.30. The van der Waals surface area contributed by atoms with Crippen LogP contribution in [0.5, 0.6) is 0 Å². The molecule has 0 bridgehead atoms. The standard InChI is InChI=1S/C27H32Cl2FN3O3/c1-25(2,3)12-19-27(16-10-9-14(28)11-18(16)32-24(27)35)20(15-7-6-8-17(29)21(15)30)22(33-19)23(34)31-13-26(4,5)36/h6-11,19-20,22,33,36H,12-13H2,1-5H3,(H,31,34)(H,32,35). The molecule has 2 heterocycles. The summed E-state index contributed by atoms with van der Waals surface area (Å²) in [6.07, 6.45) is 0.524. The molecule has 2 aromatic carbocycles. The molecule has 6 nitrogen and oxygen atoms in total. The first-order chi connectivity index (χ1) is 16.6. The van der Waals surface area contributed by atoms with Gasteiger partial charge in [0.1, 0.15) is 11.2 Å². The van der Waals surface area contributed by atoms with Gasteiger partial charge in [-0.15, -0.1) is 0 Å². The minimum Gasteiger partial charge on any atom is -0.389 e. The maximum absolute atomic E-state index is 15.6. The van der Waals surface area contributed by atoms with Gasteiger partial charge in [-0.05, 0) is 55.0 Å². The fourth-order valence-electron chi connectivity index (χ4n) is 5.57. The summed E-state index contributed by atoms with van der Waals surface area (Å²) in [7, 11) is 0. The highest BCUT2D eigenvalue weighted by Gasteiger charge is 2.66. The zero-order valence-electron chi connectivity index (χ0n) is 21.0. The molecule has 36 heavy (non-hydrogen) atoms. The summed E-state index contributed by atoms with van der Waals surface area (Å²) in [5, 5.41) is 19.7. The van der Waals surface area contributed by atoms with Crippen LogP contribution in [0.15, 0.2) is 36.4 Å². The maximum Gasteiger partial charge on any atom is 0.237 e. The van der Waals surface area contributed by atoms with Gasteiger partial charge in [0.25, 0.3) is 0 Å². The average molecular weight is 536 g/mol. The second kappa shape index (κ2) is 9.28. The van der Waals surface area contributed by atoms with Crippen LogP contribution < -0.4 is 16.0 Å². The lowest BCUT2D eigenvalue weighted by Gasteiger charge is -2.37. The molecule has 4 rings (SSSR count). The van der Waals surface area contributed by atoms with E-state index in [2.05, 4.69) is 36.7 Å². The highest BCUT2D eigenvalue weighted by molar-refractivity contribution is 6.31. The van der Waals surface area contributed by atoms with Gasteiger partial charge in [0, 0.05) is 29.2 Å². The van der Waals surface area contributed by atoms with Crippen LogP contribution in [0.4, 0.5) is 10.1 Å². The van der Waals surface area contributed by atoms with Gasteiger partial charge in [-0.3, -0.25) is 9.59 Å². The molecule has 1 fully saturated rings. The number of amides is 2. The van der Waals surface area contributed by atoms with Crippen molar-refractivity contribution in [3.63, 3.8) is 0 Å². The molecule has 2 aliphatic rings. The third kappa shape index (κ3) is 4.74. The second-order valence-electron chi connectivity index (χ2n) is 11.6. The zero-order valence-corrected chi connectivity index (χ0v) is 22.5. The number of fused-ring (bicyclic) bond motifs is 2. The van der Waals surface area contributed by atoms with Crippen molar-refractivity contribution in [3.8, 4) is 0 Å². The first kappa shape index (κ1) is 26.9. The van der Waals surface area contributed by atoms with E-state index in [9.17, 15) is 14.7 Å². The van der Waals surface area contributed by atoms with Crippen LogP contribution in [-0.2, 0) is 15.0 Å². The lowest BCUT2D eigenvalue weighted by atomic mass is 9.62. The van der Waals surface area contributed by atoms with Gasteiger partial charge in [0.15, 0.2) is 0 Å². The van der Waals surface area contributed by atoms with Crippen molar-refractivity contribution in [3.05, 3.63) is 63.4 Å².